The molecule has 38 heavy (non-hydrogen) atoms. The molecule has 2 aromatic rings. The fourth-order valence-electron chi connectivity index (χ4n) is 6.49. The fourth-order valence-corrected chi connectivity index (χ4v) is 6.85. The van der Waals surface area contributed by atoms with E-state index in [1.807, 2.05) is 18.2 Å². The lowest BCUT2D eigenvalue weighted by atomic mass is 9.59. The first-order chi connectivity index (χ1) is 18.2. The molecule has 3 aliphatic carbocycles. The molecule has 192 valence electrons. The molecule has 0 spiro atoms. The molecule has 4 unspecified atom stereocenters. The van der Waals surface area contributed by atoms with Crippen LogP contribution in [0.1, 0.15) is 31.2 Å². The number of ether oxygens (including phenoxy) is 1. The summed E-state index contributed by atoms with van der Waals surface area (Å²) in [5.41, 5.74) is 3.15. The van der Waals surface area contributed by atoms with Crippen LogP contribution in [-0.2, 0) is 19.2 Å². The zero-order chi connectivity index (χ0) is 26.9. The molecule has 0 bridgehead atoms. The second-order valence-electron chi connectivity index (χ2n) is 10.1. The summed E-state index contributed by atoms with van der Waals surface area (Å²) in [5, 5.41) is 10.6. The largest absolute Gasteiger partial charge is 0.504 e. The number of rotatable bonds is 3. The van der Waals surface area contributed by atoms with E-state index in [1.54, 1.807) is 37.3 Å². The van der Waals surface area contributed by atoms with E-state index in [0.717, 1.165) is 9.14 Å². The lowest BCUT2D eigenvalue weighted by molar-refractivity contribution is -0.123. The SMILES string of the molecule is COc1ccc(C2C3=CCC4C(=O)N(c5ccc(I)cc5)C(=O)C4C3CC3=C2C(=O)C=C(C)C3=O)cc1O. The molecule has 2 amide bonds. The molecule has 1 aliphatic heterocycles. The van der Waals surface area contributed by atoms with Crippen LogP contribution in [0.15, 0.2) is 76.9 Å². The Morgan fingerprint density at radius 1 is 1.00 bits per heavy atom. The topological polar surface area (TPSA) is 101 Å². The Labute approximate surface area is 233 Å². The zero-order valence-corrected chi connectivity index (χ0v) is 22.9. The number of fused-ring (bicyclic) bond motifs is 3. The molecule has 0 aromatic heterocycles. The van der Waals surface area contributed by atoms with Crippen molar-refractivity contribution >= 4 is 51.7 Å². The minimum absolute atomic E-state index is 0.0816. The van der Waals surface area contributed by atoms with Gasteiger partial charge in [0.15, 0.2) is 23.1 Å². The van der Waals surface area contributed by atoms with Crippen molar-refractivity contribution in [2.75, 3.05) is 12.0 Å². The normalized spacial score (nSPS) is 26.6. The fraction of sp³-hybridized carbons (Fsp3) is 0.267. The number of hydrogen-bond donors (Lipinski definition) is 1. The van der Waals surface area contributed by atoms with Gasteiger partial charge in [-0.3, -0.25) is 24.1 Å². The maximum Gasteiger partial charge on any atom is 0.238 e. The minimum Gasteiger partial charge on any atom is -0.504 e. The monoisotopic (exact) mass is 621 g/mol. The number of imide groups is 1. The third-order valence-corrected chi connectivity index (χ3v) is 8.90. The van der Waals surface area contributed by atoms with Crippen molar-refractivity contribution in [2.45, 2.75) is 25.7 Å². The van der Waals surface area contributed by atoms with Crippen LogP contribution in [0.4, 0.5) is 5.69 Å². The Morgan fingerprint density at radius 2 is 1.74 bits per heavy atom. The predicted molar refractivity (Wildman–Crippen MR) is 148 cm³/mol. The van der Waals surface area contributed by atoms with Crippen molar-refractivity contribution < 1.29 is 29.0 Å². The number of amides is 2. The minimum atomic E-state index is -0.640. The van der Waals surface area contributed by atoms with Gasteiger partial charge in [-0.25, -0.2) is 0 Å². The first-order valence-corrected chi connectivity index (χ1v) is 13.5. The third-order valence-electron chi connectivity index (χ3n) is 8.18. The number of nitrogens with zero attached hydrogens (tertiary/aromatic N) is 1. The number of carbonyl (C=O) groups is 4. The second-order valence-corrected chi connectivity index (χ2v) is 11.4. The predicted octanol–water partition coefficient (Wildman–Crippen LogP) is 4.64. The van der Waals surface area contributed by atoms with Crippen LogP contribution in [0.25, 0.3) is 0 Å². The van der Waals surface area contributed by atoms with Crippen molar-refractivity contribution in [3.05, 3.63) is 86.0 Å². The summed E-state index contributed by atoms with van der Waals surface area (Å²) in [7, 11) is 1.45. The zero-order valence-electron chi connectivity index (χ0n) is 20.7. The first kappa shape index (κ1) is 24.8. The average Bonchev–Trinajstić information content (AvgIpc) is 3.16. The van der Waals surface area contributed by atoms with Gasteiger partial charge in [0.2, 0.25) is 11.8 Å². The summed E-state index contributed by atoms with van der Waals surface area (Å²) in [4.78, 5) is 55.3. The highest BCUT2D eigenvalue weighted by Gasteiger charge is 2.56. The van der Waals surface area contributed by atoms with Gasteiger partial charge in [-0.1, -0.05) is 17.7 Å². The quantitative estimate of drug-likeness (QED) is 0.232. The Bertz CT molecular complexity index is 1530. The van der Waals surface area contributed by atoms with Gasteiger partial charge < -0.3 is 9.84 Å². The molecule has 4 atom stereocenters. The van der Waals surface area contributed by atoms with Crippen molar-refractivity contribution in [3.63, 3.8) is 0 Å². The molecular formula is C30H24INO6. The summed E-state index contributed by atoms with van der Waals surface area (Å²) < 4.78 is 6.19. The Kier molecular flexibility index (Phi) is 5.90. The van der Waals surface area contributed by atoms with Gasteiger partial charge in [0.05, 0.1) is 24.6 Å². The van der Waals surface area contributed by atoms with Gasteiger partial charge in [0.1, 0.15) is 0 Å². The number of anilines is 1. The summed E-state index contributed by atoms with van der Waals surface area (Å²) in [6, 6.07) is 12.2. The number of Topliss-reactive ketones (excluding diaryl/α,β-unsaturated/α-hetero) is 1. The number of carbonyl (C=O) groups excluding carboxylic acids is 4. The lowest BCUT2D eigenvalue weighted by Crippen LogP contribution is -2.39. The third kappa shape index (κ3) is 3.60. The summed E-state index contributed by atoms with van der Waals surface area (Å²) in [6.07, 6.45) is 3.91. The highest BCUT2D eigenvalue weighted by atomic mass is 127. The number of phenolic OH excluding ortho intramolecular Hbond substituents is 1. The molecule has 6 rings (SSSR count). The molecule has 4 aliphatic rings. The van der Waals surface area contributed by atoms with Gasteiger partial charge >= 0.3 is 0 Å². The van der Waals surface area contributed by atoms with E-state index < -0.39 is 23.7 Å². The second kappa shape index (κ2) is 9.04. The Balaban J connectivity index is 1.48. The number of allylic oxidation sites excluding steroid dienone is 6. The molecular weight excluding hydrogens is 597 g/mol. The number of methoxy groups -OCH3 is 1. The number of benzene rings is 2. The highest BCUT2D eigenvalue weighted by Crippen LogP contribution is 2.55. The van der Waals surface area contributed by atoms with Gasteiger partial charge in [-0.2, -0.15) is 0 Å². The lowest BCUT2D eigenvalue weighted by Gasteiger charge is -2.42. The van der Waals surface area contributed by atoms with Crippen LogP contribution >= 0.6 is 22.6 Å². The van der Waals surface area contributed by atoms with Gasteiger partial charge in [-0.05, 0) is 96.3 Å². The van der Waals surface area contributed by atoms with Crippen LogP contribution in [0.2, 0.25) is 0 Å². The molecule has 8 heteroatoms. The van der Waals surface area contributed by atoms with Crippen LogP contribution in [0.5, 0.6) is 11.5 Å². The van der Waals surface area contributed by atoms with Gasteiger partial charge in [-0.15, -0.1) is 0 Å². The van der Waals surface area contributed by atoms with E-state index in [4.69, 9.17) is 4.74 Å². The Hall–Kier alpha value is -3.53. The van der Waals surface area contributed by atoms with E-state index in [-0.39, 0.29) is 35.6 Å². The van der Waals surface area contributed by atoms with Crippen molar-refractivity contribution in [2.24, 2.45) is 17.8 Å². The average molecular weight is 621 g/mol. The Morgan fingerprint density at radius 3 is 2.42 bits per heavy atom. The van der Waals surface area contributed by atoms with Gasteiger partial charge in [0.25, 0.3) is 0 Å². The van der Waals surface area contributed by atoms with E-state index in [9.17, 15) is 24.3 Å². The van der Waals surface area contributed by atoms with Crippen molar-refractivity contribution in [1.82, 2.24) is 0 Å². The number of halogens is 1. The molecule has 7 nitrogen and oxygen atoms in total. The molecule has 2 aromatic carbocycles. The maximum absolute atomic E-state index is 13.9. The smallest absolute Gasteiger partial charge is 0.238 e. The van der Waals surface area contributed by atoms with Crippen molar-refractivity contribution in [1.29, 1.82) is 0 Å². The standard InChI is InChI=1S/C30H24INO6/c1-14-11-23(34)27-21(28(14)35)13-20-18(25(27)15-3-10-24(38-2)22(33)12-15)8-9-19-26(20)30(37)32(29(19)36)17-6-4-16(31)5-7-17/h3-8,10-12,19-20,25-26,33H,9,13H2,1-2H3. The molecule has 0 radical (unpaired) electrons. The van der Waals surface area contributed by atoms with E-state index in [1.165, 1.54) is 18.1 Å². The number of ketones is 2. The summed E-state index contributed by atoms with van der Waals surface area (Å²) in [6.45, 7) is 1.62. The summed E-state index contributed by atoms with van der Waals surface area (Å²) >= 11 is 2.17. The molecule has 1 N–H and O–H groups in total. The van der Waals surface area contributed by atoms with Crippen LogP contribution < -0.4 is 9.64 Å². The van der Waals surface area contributed by atoms with Crippen LogP contribution in [-0.4, -0.2) is 35.6 Å². The number of hydrogen-bond acceptors (Lipinski definition) is 6. The van der Waals surface area contributed by atoms with Crippen LogP contribution in [0, 0.1) is 21.3 Å². The van der Waals surface area contributed by atoms with E-state index in [2.05, 4.69) is 22.6 Å². The molecule has 0 saturated carbocycles. The highest BCUT2D eigenvalue weighted by molar-refractivity contribution is 14.1. The molecule has 1 saturated heterocycles. The van der Waals surface area contributed by atoms with Gasteiger partial charge in [0, 0.05) is 26.2 Å². The van der Waals surface area contributed by atoms with Crippen LogP contribution in [0.3, 0.4) is 0 Å². The number of aromatic hydroxyl groups is 1. The number of phenols is 1. The summed E-state index contributed by atoms with van der Waals surface area (Å²) in [5.74, 6) is -2.97. The maximum atomic E-state index is 13.9. The first-order valence-electron chi connectivity index (χ1n) is 12.4. The molecule has 1 fully saturated rings. The van der Waals surface area contributed by atoms with E-state index >= 15 is 0 Å². The molecule has 1 heterocycles. The van der Waals surface area contributed by atoms with Crippen molar-refractivity contribution in [3.8, 4) is 11.5 Å². The van der Waals surface area contributed by atoms with E-state index in [0.29, 0.717) is 40.1 Å².